The van der Waals surface area contributed by atoms with E-state index in [0.717, 1.165) is 12.8 Å². The van der Waals surface area contributed by atoms with Crippen LogP contribution in [-0.2, 0) is 14.3 Å². The molecule has 0 aliphatic carbocycles. The van der Waals surface area contributed by atoms with Gasteiger partial charge in [-0.05, 0) is 33.1 Å². The molecule has 0 saturated heterocycles. The molecule has 0 saturated carbocycles. The highest BCUT2D eigenvalue weighted by atomic mass is 16.5. The van der Waals surface area contributed by atoms with Gasteiger partial charge in [0, 0.05) is 19.8 Å². The van der Waals surface area contributed by atoms with Gasteiger partial charge < -0.3 is 14.8 Å². The zero-order valence-corrected chi connectivity index (χ0v) is 11.1. The third kappa shape index (κ3) is 6.80. The van der Waals surface area contributed by atoms with Crippen molar-refractivity contribution in [3.63, 3.8) is 0 Å². The Morgan fingerprint density at radius 3 is 2.50 bits per heavy atom. The van der Waals surface area contributed by atoms with Crippen molar-refractivity contribution in [2.75, 3.05) is 20.3 Å². The number of carbonyl (C=O) groups is 1. The van der Waals surface area contributed by atoms with Gasteiger partial charge >= 0.3 is 0 Å². The van der Waals surface area contributed by atoms with E-state index in [4.69, 9.17) is 9.47 Å². The zero-order chi connectivity index (χ0) is 12.6. The fraction of sp³-hybridized carbons (Fsp3) is 0.917. The Hall–Kier alpha value is -0.610. The predicted octanol–water partition coefficient (Wildman–Crippen LogP) is 1.59. The van der Waals surface area contributed by atoms with Crippen molar-refractivity contribution in [1.29, 1.82) is 0 Å². The van der Waals surface area contributed by atoms with E-state index >= 15 is 0 Å². The van der Waals surface area contributed by atoms with Crippen molar-refractivity contribution in [2.24, 2.45) is 5.92 Å². The Labute approximate surface area is 98.7 Å². The van der Waals surface area contributed by atoms with Gasteiger partial charge in [0.15, 0.2) is 0 Å². The highest BCUT2D eigenvalue weighted by molar-refractivity contribution is 5.46. The minimum Gasteiger partial charge on any atom is -0.385 e. The van der Waals surface area contributed by atoms with Crippen molar-refractivity contribution in [3.8, 4) is 0 Å². The summed E-state index contributed by atoms with van der Waals surface area (Å²) in [5.41, 5.74) is -0.175. The van der Waals surface area contributed by atoms with Gasteiger partial charge in [-0.2, -0.15) is 0 Å². The highest BCUT2D eigenvalue weighted by Crippen LogP contribution is 2.16. The molecule has 2 atom stereocenters. The molecule has 0 aliphatic rings. The maximum Gasteiger partial charge on any atom is 0.207 e. The Bertz CT molecular complexity index is 195. The molecule has 0 heterocycles. The lowest BCUT2D eigenvalue weighted by Crippen LogP contribution is -2.36. The van der Waals surface area contributed by atoms with Crippen molar-refractivity contribution < 1.29 is 14.3 Å². The fourth-order valence-electron chi connectivity index (χ4n) is 1.19. The number of hydrogen-bond donors (Lipinski definition) is 1. The van der Waals surface area contributed by atoms with Gasteiger partial charge in [0.1, 0.15) is 0 Å². The van der Waals surface area contributed by atoms with Crippen LogP contribution in [0.3, 0.4) is 0 Å². The standard InChI is InChI=1S/C12H25NO3/c1-10(11(2)13-9-14)8-16-12(3,4)6-7-15-5/h9-11H,6-8H2,1-5H3,(H,13,14). The smallest absolute Gasteiger partial charge is 0.207 e. The summed E-state index contributed by atoms with van der Waals surface area (Å²) in [5.74, 6) is 0.298. The summed E-state index contributed by atoms with van der Waals surface area (Å²) >= 11 is 0. The SMILES string of the molecule is COCCC(C)(C)OCC(C)C(C)NC=O. The molecule has 4 nitrogen and oxygen atoms in total. The molecule has 0 aliphatic heterocycles. The molecule has 0 bridgehead atoms. The molecule has 2 unspecified atom stereocenters. The molecule has 0 spiro atoms. The fourth-order valence-corrected chi connectivity index (χ4v) is 1.19. The molecule has 4 heteroatoms. The summed E-state index contributed by atoms with van der Waals surface area (Å²) in [4.78, 5) is 10.3. The summed E-state index contributed by atoms with van der Waals surface area (Å²) in [6.07, 6.45) is 1.60. The van der Waals surface area contributed by atoms with Gasteiger partial charge in [0.25, 0.3) is 0 Å². The number of carbonyl (C=O) groups excluding carboxylic acids is 1. The number of methoxy groups -OCH3 is 1. The quantitative estimate of drug-likeness (QED) is 0.613. The Balaban J connectivity index is 3.88. The van der Waals surface area contributed by atoms with E-state index < -0.39 is 0 Å². The molecule has 1 amide bonds. The van der Waals surface area contributed by atoms with E-state index in [1.807, 2.05) is 6.92 Å². The average Bonchev–Trinajstić information content (AvgIpc) is 2.23. The van der Waals surface area contributed by atoms with Gasteiger partial charge in [-0.25, -0.2) is 0 Å². The van der Waals surface area contributed by atoms with Gasteiger partial charge in [-0.3, -0.25) is 4.79 Å². The second-order valence-electron chi connectivity index (χ2n) is 4.86. The molecule has 0 aromatic heterocycles. The largest absolute Gasteiger partial charge is 0.385 e. The van der Waals surface area contributed by atoms with Crippen LogP contribution in [0, 0.1) is 5.92 Å². The van der Waals surface area contributed by atoms with Crippen LogP contribution in [0.15, 0.2) is 0 Å². The van der Waals surface area contributed by atoms with Crippen molar-refractivity contribution in [1.82, 2.24) is 5.32 Å². The monoisotopic (exact) mass is 231 g/mol. The number of amides is 1. The van der Waals surface area contributed by atoms with Crippen LogP contribution in [0.25, 0.3) is 0 Å². The third-order valence-electron chi connectivity index (χ3n) is 2.83. The number of ether oxygens (including phenoxy) is 2. The lowest BCUT2D eigenvalue weighted by molar-refractivity contribution is -0.110. The minimum absolute atomic E-state index is 0.135. The molecule has 96 valence electrons. The van der Waals surface area contributed by atoms with Crippen LogP contribution in [0.1, 0.15) is 34.1 Å². The molecular formula is C12H25NO3. The molecule has 0 fully saturated rings. The first kappa shape index (κ1) is 15.4. The normalized spacial score (nSPS) is 15.6. The average molecular weight is 231 g/mol. The second-order valence-corrected chi connectivity index (χ2v) is 4.86. The summed E-state index contributed by atoms with van der Waals surface area (Å²) in [5, 5.41) is 2.74. The van der Waals surface area contributed by atoms with Crippen molar-refractivity contribution in [3.05, 3.63) is 0 Å². The molecular weight excluding hydrogens is 206 g/mol. The lowest BCUT2D eigenvalue weighted by atomic mass is 10.0. The molecule has 0 aromatic rings. The first-order chi connectivity index (χ1) is 7.43. The Morgan fingerprint density at radius 2 is 2.00 bits per heavy atom. The summed E-state index contributed by atoms with van der Waals surface area (Å²) < 4.78 is 10.9. The number of nitrogens with one attached hydrogen (secondary N) is 1. The van der Waals surface area contributed by atoms with Crippen LogP contribution in [-0.4, -0.2) is 38.4 Å². The van der Waals surface area contributed by atoms with Gasteiger partial charge in [-0.15, -0.1) is 0 Å². The van der Waals surface area contributed by atoms with Gasteiger partial charge in [-0.1, -0.05) is 6.92 Å². The third-order valence-corrected chi connectivity index (χ3v) is 2.83. The highest BCUT2D eigenvalue weighted by Gasteiger charge is 2.20. The number of rotatable bonds is 9. The maximum absolute atomic E-state index is 10.3. The summed E-state index contributed by atoms with van der Waals surface area (Å²) in [6, 6.07) is 0.135. The van der Waals surface area contributed by atoms with E-state index in [9.17, 15) is 4.79 Å². The van der Waals surface area contributed by atoms with Gasteiger partial charge in [0.05, 0.1) is 12.2 Å². The molecule has 16 heavy (non-hydrogen) atoms. The number of hydrogen-bond acceptors (Lipinski definition) is 3. The molecule has 0 radical (unpaired) electrons. The zero-order valence-electron chi connectivity index (χ0n) is 11.1. The van der Waals surface area contributed by atoms with Crippen LogP contribution in [0.5, 0.6) is 0 Å². The topological polar surface area (TPSA) is 47.6 Å². The van der Waals surface area contributed by atoms with Gasteiger partial charge in [0.2, 0.25) is 6.41 Å². The molecule has 0 rings (SSSR count). The van der Waals surface area contributed by atoms with Crippen LogP contribution in [0.4, 0.5) is 0 Å². The van der Waals surface area contributed by atoms with Crippen molar-refractivity contribution in [2.45, 2.75) is 45.8 Å². The van der Waals surface area contributed by atoms with Crippen molar-refractivity contribution >= 4 is 6.41 Å². The lowest BCUT2D eigenvalue weighted by Gasteiger charge is -2.28. The van der Waals surface area contributed by atoms with E-state index in [2.05, 4.69) is 26.1 Å². The maximum atomic E-state index is 10.3. The minimum atomic E-state index is -0.175. The van der Waals surface area contributed by atoms with Crippen LogP contribution < -0.4 is 5.32 Å². The van der Waals surface area contributed by atoms with Crippen LogP contribution >= 0.6 is 0 Å². The Kier molecular flexibility index (Phi) is 7.34. The first-order valence-corrected chi connectivity index (χ1v) is 5.75. The summed E-state index contributed by atoms with van der Waals surface area (Å²) in [6.45, 7) is 9.48. The summed E-state index contributed by atoms with van der Waals surface area (Å²) in [7, 11) is 1.69. The first-order valence-electron chi connectivity index (χ1n) is 5.75. The van der Waals surface area contributed by atoms with E-state index in [-0.39, 0.29) is 11.6 Å². The molecule has 1 N–H and O–H groups in total. The predicted molar refractivity (Wildman–Crippen MR) is 64.3 cm³/mol. The van der Waals surface area contributed by atoms with Crippen LogP contribution in [0.2, 0.25) is 0 Å². The van der Waals surface area contributed by atoms with E-state index in [1.165, 1.54) is 0 Å². The molecule has 0 aromatic carbocycles. The van der Waals surface area contributed by atoms with E-state index in [1.54, 1.807) is 7.11 Å². The van der Waals surface area contributed by atoms with E-state index in [0.29, 0.717) is 19.1 Å². The Morgan fingerprint density at radius 1 is 1.38 bits per heavy atom. The second kappa shape index (κ2) is 7.63.